The lowest BCUT2D eigenvalue weighted by atomic mass is 9.88. The van der Waals surface area contributed by atoms with Crippen molar-refractivity contribution in [2.45, 2.75) is 46.1 Å². The number of aryl methyl sites for hydroxylation is 1. The van der Waals surface area contributed by atoms with Crippen LogP contribution in [-0.2, 0) is 11.2 Å². The van der Waals surface area contributed by atoms with Crippen LogP contribution in [0, 0.1) is 5.41 Å². The van der Waals surface area contributed by atoms with E-state index >= 15 is 0 Å². The quantitative estimate of drug-likeness (QED) is 0.807. The monoisotopic (exact) mass is 248 g/mol. The third-order valence-electron chi connectivity index (χ3n) is 3.26. The van der Waals surface area contributed by atoms with Crippen LogP contribution < -0.4 is 0 Å². The molecule has 0 aromatic carbocycles. The molecule has 0 fully saturated rings. The molecule has 4 nitrogen and oxygen atoms in total. The summed E-state index contributed by atoms with van der Waals surface area (Å²) in [6, 6.07) is 0. The van der Waals surface area contributed by atoms with E-state index in [1.807, 2.05) is 0 Å². The molecular formula is C14H20N2O2. The Morgan fingerprint density at radius 3 is 2.67 bits per heavy atom. The van der Waals surface area contributed by atoms with Crippen LogP contribution in [0.25, 0.3) is 0 Å². The van der Waals surface area contributed by atoms with Gasteiger partial charge in [-0.05, 0) is 18.3 Å². The van der Waals surface area contributed by atoms with Gasteiger partial charge in [0, 0.05) is 19.7 Å². The van der Waals surface area contributed by atoms with E-state index in [9.17, 15) is 4.79 Å². The van der Waals surface area contributed by atoms with Crippen molar-refractivity contribution in [1.82, 2.24) is 9.97 Å². The molecule has 1 atom stereocenters. The predicted octanol–water partition coefficient (Wildman–Crippen LogP) is 2.73. The zero-order chi connectivity index (χ0) is 13.3. The number of fused-ring (bicyclic) bond motifs is 1. The van der Waals surface area contributed by atoms with Gasteiger partial charge in [0.25, 0.3) is 0 Å². The van der Waals surface area contributed by atoms with Crippen LogP contribution in [0.2, 0.25) is 0 Å². The second-order valence-electron chi connectivity index (χ2n) is 5.85. The lowest BCUT2D eigenvalue weighted by molar-refractivity contribution is 0.00844. The summed E-state index contributed by atoms with van der Waals surface area (Å²) < 4.78 is 5.51. The van der Waals surface area contributed by atoms with E-state index in [1.54, 1.807) is 13.3 Å². The van der Waals surface area contributed by atoms with Gasteiger partial charge in [-0.3, -0.25) is 4.79 Å². The Balaban J connectivity index is 2.39. The van der Waals surface area contributed by atoms with Crippen LogP contribution in [0.3, 0.4) is 0 Å². The van der Waals surface area contributed by atoms with E-state index in [0.29, 0.717) is 17.8 Å². The van der Waals surface area contributed by atoms with Gasteiger partial charge in [0.15, 0.2) is 11.6 Å². The fourth-order valence-electron chi connectivity index (χ4n) is 2.38. The average Bonchev–Trinajstić information content (AvgIpc) is 2.28. The molecule has 0 amide bonds. The Morgan fingerprint density at radius 1 is 1.33 bits per heavy atom. The molecular weight excluding hydrogens is 228 g/mol. The number of carbonyl (C=O) groups is 1. The minimum atomic E-state index is -0.153. The Kier molecular flexibility index (Phi) is 3.48. The zero-order valence-electron chi connectivity index (χ0n) is 11.5. The summed E-state index contributed by atoms with van der Waals surface area (Å²) in [5.74, 6) is 0.839. The lowest BCUT2D eigenvalue weighted by Crippen LogP contribution is -2.24. The molecule has 1 aliphatic carbocycles. The molecule has 1 unspecified atom stereocenters. The highest BCUT2D eigenvalue weighted by Crippen LogP contribution is 2.34. The van der Waals surface area contributed by atoms with Gasteiger partial charge in [-0.25, -0.2) is 9.97 Å². The van der Waals surface area contributed by atoms with Crippen LogP contribution in [-0.4, -0.2) is 22.9 Å². The van der Waals surface area contributed by atoms with Crippen molar-refractivity contribution in [2.24, 2.45) is 5.41 Å². The first-order chi connectivity index (χ1) is 8.43. The molecule has 4 heteroatoms. The number of methoxy groups -OCH3 is 1. The summed E-state index contributed by atoms with van der Waals surface area (Å²) in [6.45, 7) is 6.28. The maximum Gasteiger partial charge on any atom is 0.166 e. The fraction of sp³-hybridized carbons (Fsp3) is 0.643. The second-order valence-corrected chi connectivity index (χ2v) is 5.85. The van der Waals surface area contributed by atoms with Gasteiger partial charge in [0.2, 0.25) is 0 Å². The van der Waals surface area contributed by atoms with Crippen LogP contribution in [0.15, 0.2) is 6.20 Å². The lowest BCUT2D eigenvalue weighted by Gasteiger charge is -2.28. The van der Waals surface area contributed by atoms with Gasteiger partial charge in [-0.15, -0.1) is 0 Å². The zero-order valence-corrected chi connectivity index (χ0v) is 11.5. The van der Waals surface area contributed by atoms with Crippen molar-refractivity contribution in [2.75, 3.05) is 7.11 Å². The molecule has 0 saturated heterocycles. The Morgan fingerprint density at radius 2 is 2.06 bits per heavy atom. The van der Waals surface area contributed by atoms with Crippen LogP contribution in [0.4, 0.5) is 0 Å². The molecule has 1 aromatic rings. The number of hydrogen-bond donors (Lipinski definition) is 0. The summed E-state index contributed by atoms with van der Waals surface area (Å²) in [4.78, 5) is 20.6. The summed E-state index contributed by atoms with van der Waals surface area (Å²) in [6.07, 6.45) is 3.87. The fourth-order valence-corrected chi connectivity index (χ4v) is 2.38. The second kappa shape index (κ2) is 4.76. The molecule has 0 spiro atoms. The molecule has 1 aromatic heterocycles. The highest BCUT2D eigenvalue weighted by molar-refractivity contribution is 5.97. The van der Waals surface area contributed by atoms with Gasteiger partial charge < -0.3 is 4.74 Å². The summed E-state index contributed by atoms with van der Waals surface area (Å²) in [5, 5.41) is 0. The molecule has 0 bridgehead atoms. The van der Waals surface area contributed by atoms with Crippen molar-refractivity contribution in [1.29, 1.82) is 0 Å². The molecule has 1 heterocycles. The summed E-state index contributed by atoms with van der Waals surface area (Å²) in [7, 11) is 1.67. The SMILES string of the molecule is COC(c1ncc2c(n1)CCCC2=O)C(C)(C)C. The Labute approximate surface area is 108 Å². The van der Waals surface area contributed by atoms with Gasteiger partial charge in [0.1, 0.15) is 6.10 Å². The van der Waals surface area contributed by atoms with Crippen LogP contribution in [0.5, 0.6) is 0 Å². The molecule has 1 aliphatic rings. The van der Waals surface area contributed by atoms with E-state index in [4.69, 9.17) is 4.74 Å². The van der Waals surface area contributed by atoms with E-state index in [2.05, 4.69) is 30.7 Å². The summed E-state index contributed by atoms with van der Waals surface area (Å²) in [5.41, 5.74) is 1.50. The van der Waals surface area contributed by atoms with Crippen molar-refractivity contribution in [3.63, 3.8) is 0 Å². The van der Waals surface area contributed by atoms with Gasteiger partial charge in [-0.1, -0.05) is 20.8 Å². The first-order valence-corrected chi connectivity index (χ1v) is 6.35. The van der Waals surface area contributed by atoms with Crippen LogP contribution in [0.1, 0.15) is 61.6 Å². The average molecular weight is 248 g/mol. The maximum absolute atomic E-state index is 11.7. The van der Waals surface area contributed by atoms with E-state index in [0.717, 1.165) is 18.5 Å². The predicted molar refractivity (Wildman–Crippen MR) is 68.5 cm³/mol. The molecule has 0 radical (unpaired) electrons. The highest BCUT2D eigenvalue weighted by Gasteiger charge is 2.30. The number of hydrogen-bond acceptors (Lipinski definition) is 4. The van der Waals surface area contributed by atoms with Gasteiger partial charge >= 0.3 is 0 Å². The first-order valence-electron chi connectivity index (χ1n) is 6.35. The molecule has 0 saturated carbocycles. The van der Waals surface area contributed by atoms with E-state index in [1.165, 1.54) is 0 Å². The molecule has 2 rings (SSSR count). The summed E-state index contributed by atoms with van der Waals surface area (Å²) >= 11 is 0. The van der Waals surface area contributed by atoms with Crippen molar-refractivity contribution < 1.29 is 9.53 Å². The van der Waals surface area contributed by atoms with Crippen LogP contribution >= 0.6 is 0 Å². The minimum absolute atomic E-state index is 0.0678. The number of aromatic nitrogens is 2. The van der Waals surface area contributed by atoms with E-state index in [-0.39, 0.29) is 17.3 Å². The third kappa shape index (κ3) is 2.43. The van der Waals surface area contributed by atoms with E-state index < -0.39 is 0 Å². The van der Waals surface area contributed by atoms with Crippen molar-refractivity contribution in [3.05, 3.63) is 23.3 Å². The normalized spacial score (nSPS) is 17.4. The number of Topliss-reactive ketones (excluding diaryl/α,β-unsaturated/α-hetero) is 1. The molecule has 18 heavy (non-hydrogen) atoms. The molecule has 98 valence electrons. The number of ketones is 1. The smallest absolute Gasteiger partial charge is 0.166 e. The first kappa shape index (κ1) is 13.1. The number of nitrogens with zero attached hydrogens (tertiary/aromatic N) is 2. The third-order valence-corrected chi connectivity index (χ3v) is 3.26. The molecule has 0 aliphatic heterocycles. The van der Waals surface area contributed by atoms with Crippen molar-refractivity contribution >= 4 is 5.78 Å². The number of rotatable bonds is 2. The Bertz CT molecular complexity index is 463. The highest BCUT2D eigenvalue weighted by atomic mass is 16.5. The van der Waals surface area contributed by atoms with Crippen molar-refractivity contribution in [3.8, 4) is 0 Å². The number of carbonyl (C=O) groups excluding carboxylic acids is 1. The van der Waals surface area contributed by atoms with Gasteiger partial charge in [0.05, 0.1) is 11.3 Å². The Hall–Kier alpha value is -1.29. The standard InChI is InChI=1S/C14H20N2O2/c1-14(2,3)12(18-4)13-15-8-9-10(16-13)6-5-7-11(9)17/h8,12H,5-7H2,1-4H3. The maximum atomic E-state index is 11.7. The van der Waals surface area contributed by atoms with Gasteiger partial charge in [-0.2, -0.15) is 0 Å². The molecule has 0 N–H and O–H groups in total. The largest absolute Gasteiger partial charge is 0.373 e. The minimum Gasteiger partial charge on any atom is -0.373 e. The topological polar surface area (TPSA) is 52.1 Å². The number of ether oxygens (including phenoxy) is 1.